The Balaban J connectivity index is 1.65. The van der Waals surface area contributed by atoms with E-state index in [4.69, 9.17) is 4.42 Å². The van der Waals surface area contributed by atoms with E-state index in [2.05, 4.69) is 20.3 Å². The van der Waals surface area contributed by atoms with Gasteiger partial charge in [0.15, 0.2) is 0 Å². The van der Waals surface area contributed by atoms with Gasteiger partial charge >= 0.3 is 0 Å². The molecule has 4 rings (SSSR count). The number of nitrogens with zero attached hydrogens (tertiary/aromatic N) is 6. The summed E-state index contributed by atoms with van der Waals surface area (Å²) in [5.74, 6) is 0.454. The predicted octanol–water partition coefficient (Wildman–Crippen LogP) is 2.28. The maximum Gasteiger partial charge on any atom is 0.249 e. The molecule has 0 aliphatic rings. The van der Waals surface area contributed by atoms with Gasteiger partial charge in [0.05, 0.1) is 23.2 Å². The number of sulfonamides is 1. The van der Waals surface area contributed by atoms with Gasteiger partial charge in [-0.2, -0.15) is 5.10 Å². The Labute approximate surface area is 161 Å². The van der Waals surface area contributed by atoms with Crippen molar-refractivity contribution in [3.63, 3.8) is 0 Å². The van der Waals surface area contributed by atoms with Crippen LogP contribution in [0.25, 0.3) is 17.1 Å². The number of benzene rings is 1. The van der Waals surface area contributed by atoms with Gasteiger partial charge in [-0.05, 0) is 36.4 Å². The second kappa shape index (κ2) is 7.24. The summed E-state index contributed by atoms with van der Waals surface area (Å²) in [5.41, 5.74) is 1.86. The van der Waals surface area contributed by atoms with Gasteiger partial charge < -0.3 is 4.42 Å². The molecule has 0 amide bonds. The van der Waals surface area contributed by atoms with Crippen LogP contribution in [-0.2, 0) is 16.6 Å². The average molecular weight is 396 g/mol. The van der Waals surface area contributed by atoms with Crippen LogP contribution in [0.4, 0.5) is 5.69 Å². The molecule has 9 nitrogen and oxygen atoms in total. The minimum Gasteiger partial charge on any atom is -0.419 e. The molecule has 0 saturated heterocycles. The first-order valence-corrected chi connectivity index (χ1v) is 10.2. The predicted molar refractivity (Wildman–Crippen MR) is 102 cm³/mol. The molecule has 3 heterocycles. The molecule has 0 aliphatic carbocycles. The van der Waals surface area contributed by atoms with Crippen LogP contribution in [0.5, 0.6) is 0 Å². The Kier molecular flexibility index (Phi) is 4.62. The van der Waals surface area contributed by atoms with Gasteiger partial charge in [0.2, 0.25) is 21.8 Å². The van der Waals surface area contributed by atoms with Crippen LogP contribution in [0.15, 0.2) is 71.7 Å². The maximum absolute atomic E-state index is 12.4. The molecular weight excluding hydrogens is 380 g/mol. The van der Waals surface area contributed by atoms with Gasteiger partial charge in [0, 0.05) is 24.8 Å². The van der Waals surface area contributed by atoms with Gasteiger partial charge in [-0.3, -0.25) is 9.29 Å². The highest BCUT2D eigenvalue weighted by atomic mass is 32.2. The van der Waals surface area contributed by atoms with Crippen molar-refractivity contribution in [2.24, 2.45) is 0 Å². The number of pyridine rings is 1. The number of aromatic nitrogens is 5. The molecule has 142 valence electrons. The van der Waals surface area contributed by atoms with Crippen molar-refractivity contribution >= 4 is 15.7 Å². The van der Waals surface area contributed by atoms with E-state index >= 15 is 0 Å². The van der Waals surface area contributed by atoms with Crippen LogP contribution in [0.1, 0.15) is 5.89 Å². The fourth-order valence-corrected chi connectivity index (χ4v) is 3.50. The van der Waals surface area contributed by atoms with E-state index in [-0.39, 0.29) is 18.3 Å². The van der Waals surface area contributed by atoms with Crippen LogP contribution in [0.2, 0.25) is 0 Å². The summed E-state index contributed by atoms with van der Waals surface area (Å²) in [7, 11) is -3.59. The van der Waals surface area contributed by atoms with Crippen molar-refractivity contribution < 1.29 is 12.8 Å². The van der Waals surface area contributed by atoms with Crippen molar-refractivity contribution in [1.82, 2.24) is 25.0 Å². The van der Waals surface area contributed by atoms with Crippen LogP contribution < -0.4 is 4.31 Å². The molecule has 3 aromatic heterocycles. The molecule has 1 aromatic carbocycles. The lowest BCUT2D eigenvalue weighted by Crippen LogP contribution is -2.29. The minimum atomic E-state index is -3.59. The van der Waals surface area contributed by atoms with E-state index in [1.165, 1.54) is 4.31 Å². The second-order valence-electron chi connectivity index (χ2n) is 5.98. The number of anilines is 1. The molecule has 0 saturated carbocycles. The number of hydrogen-bond acceptors (Lipinski definition) is 7. The SMILES string of the molecule is CS(=O)(=O)N(Cc1nnc(-c2cccnc2)o1)c1cccc(-n2cccn2)c1. The monoisotopic (exact) mass is 396 g/mol. The van der Waals surface area contributed by atoms with E-state index < -0.39 is 10.0 Å². The Hall–Kier alpha value is -3.53. The van der Waals surface area contributed by atoms with Crippen molar-refractivity contribution in [1.29, 1.82) is 0 Å². The molecule has 4 aromatic rings. The van der Waals surface area contributed by atoms with Gasteiger partial charge in [-0.25, -0.2) is 13.1 Å². The summed E-state index contributed by atoms with van der Waals surface area (Å²) in [6.45, 7) is -0.0886. The van der Waals surface area contributed by atoms with E-state index in [1.54, 1.807) is 65.9 Å². The van der Waals surface area contributed by atoms with Gasteiger partial charge in [0.1, 0.15) is 6.54 Å². The summed E-state index contributed by atoms with van der Waals surface area (Å²) in [5, 5.41) is 12.1. The standard InChI is InChI=1S/C18H16N6O3S/c1-28(25,26)24(16-7-2-6-15(11-16)23-10-4-9-20-23)13-17-21-22-18(27-17)14-5-3-8-19-12-14/h2-12H,13H2,1H3. The largest absolute Gasteiger partial charge is 0.419 e. The van der Waals surface area contributed by atoms with Crippen LogP contribution >= 0.6 is 0 Å². The third-order valence-corrected chi connectivity index (χ3v) is 5.08. The first kappa shape index (κ1) is 17.9. The molecule has 0 aliphatic heterocycles. The third kappa shape index (κ3) is 3.76. The highest BCUT2D eigenvalue weighted by molar-refractivity contribution is 7.92. The Bertz CT molecular complexity index is 1170. The second-order valence-corrected chi connectivity index (χ2v) is 7.89. The van der Waals surface area contributed by atoms with Crippen LogP contribution in [0.3, 0.4) is 0 Å². The Morgan fingerprint density at radius 3 is 2.71 bits per heavy atom. The quantitative estimate of drug-likeness (QED) is 0.492. The zero-order chi connectivity index (χ0) is 19.6. The lowest BCUT2D eigenvalue weighted by molar-refractivity contribution is 0.505. The summed E-state index contributed by atoms with van der Waals surface area (Å²) in [6, 6.07) is 12.4. The molecular formula is C18H16N6O3S. The fourth-order valence-electron chi connectivity index (χ4n) is 2.66. The smallest absolute Gasteiger partial charge is 0.249 e. The molecule has 0 spiro atoms. The number of hydrogen-bond donors (Lipinski definition) is 0. The van der Waals surface area contributed by atoms with Crippen LogP contribution in [0, 0.1) is 0 Å². The van der Waals surface area contributed by atoms with E-state index in [0.717, 1.165) is 11.9 Å². The molecule has 0 radical (unpaired) electrons. The summed E-state index contributed by atoms with van der Waals surface area (Å²) < 4.78 is 33.3. The van der Waals surface area contributed by atoms with Crippen LogP contribution in [-0.4, -0.2) is 39.6 Å². The molecule has 0 fully saturated rings. The van der Waals surface area contributed by atoms with E-state index in [1.807, 2.05) is 6.07 Å². The van der Waals surface area contributed by atoms with Crippen molar-refractivity contribution in [3.05, 3.63) is 73.1 Å². The lowest BCUT2D eigenvalue weighted by atomic mass is 10.3. The fraction of sp³-hybridized carbons (Fsp3) is 0.111. The molecule has 0 bridgehead atoms. The highest BCUT2D eigenvalue weighted by Crippen LogP contribution is 2.24. The zero-order valence-electron chi connectivity index (χ0n) is 14.9. The normalized spacial score (nSPS) is 11.5. The van der Waals surface area contributed by atoms with Gasteiger partial charge in [-0.1, -0.05) is 6.07 Å². The Morgan fingerprint density at radius 2 is 2.00 bits per heavy atom. The minimum absolute atomic E-state index is 0.0886. The topological polar surface area (TPSA) is 107 Å². The first-order chi connectivity index (χ1) is 13.5. The molecule has 10 heteroatoms. The maximum atomic E-state index is 12.4. The first-order valence-electron chi connectivity index (χ1n) is 8.31. The van der Waals surface area contributed by atoms with Crippen molar-refractivity contribution in [3.8, 4) is 17.1 Å². The molecule has 0 unspecified atom stereocenters. The lowest BCUT2D eigenvalue weighted by Gasteiger charge is -2.21. The highest BCUT2D eigenvalue weighted by Gasteiger charge is 2.22. The molecule has 28 heavy (non-hydrogen) atoms. The summed E-state index contributed by atoms with van der Waals surface area (Å²) in [6.07, 6.45) is 7.80. The van der Waals surface area contributed by atoms with Gasteiger partial charge in [0.25, 0.3) is 0 Å². The van der Waals surface area contributed by atoms with E-state index in [9.17, 15) is 8.42 Å². The molecule has 0 N–H and O–H groups in total. The Morgan fingerprint density at radius 1 is 1.11 bits per heavy atom. The van der Waals surface area contributed by atoms with Crippen molar-refractivity contribution in [2.75, 3.05) is 10.6 Å². The van der Waals surface area contributed by atoms with E-state index in [0.29, 0.717) is 11.3 Å². The third-order valence-electron chi connectivity index (χ3n) is 3.94. The average Bonchev–Trinajstić information content (AvgIpc) is 3.38. The summed E-state index contributed by atoms with van der Waals surface area (Å²) >= 11 is 0. The number of rotatable bonds is 6. The zero-order valence-corrected chi connectivity index (χ0v) is 15.7. The van der Waals surface area contributed by atoms with Crippen molar-refractivity contribution in [2.45, 2.75) is 6.54 Å². The molecule has 0 atom stereocenters. The summed E-state index contributed by atoms with van der Waals surface area (Å²) in [4.78, 5) is 4.01. The van der Waals surface area contributed by atoms with Gasteiger partial charge in [-0.15, -0.1) is 10.2 Å².